The molecule has 38 heavy (non-hydrogen) atoms. The standard InChI is InChI=1S/C29H48O7P2/c1-9-20(4)14-12-13-18-29(8)19-17-24-23(7)27(21(5)22(6)28(24)36-29)35-25(30)15-16-26(37(31)33-10-2)38(32)34-11-3/h20,26H,9-19H2,1-8H3/q+2. The van der Waals surface area contributed by atoms with Gasteiger partial charge in [-0.15, -0.1) is 9.05 Å². The highest BCUT2D eigenvalue weighted by molar-refractivity contribution is 7.58. The van der Waals surface area contributed by atoms with E-state index in [0.717, 1.165) is 59.6 Å². The first-order valence-corrected chi connectivity index (χ1v) is 16.7. The lowest BCUT2D eigenvalue weighted by molar-refractivity contribution is -0.134. The molecule has 0 saturated carbocycles. The van der Waals surface area contributed by atoms with Crippen molar-refractivity contribution in [2.24, 2.45) is 5.92 Å². The molecule has 0 spiro atoms. The Morgan fingerprint density at radius 2 is 1.61 bits per heavy atom. The Balaban J connectivity index is 2.11. The van der Waals surface area contributed by atoms with Crippen molar-refractivity contribution in [1.82, 2.24) is 0 Å². The molecule has 0 aromatic heterocycles. The quantitative estimate of drug-likeness (QED) is 0.0849. The van der Waals surface area contributed by atoms with Crippen molar-refractivity contribution in [1.29, 1.82) is 0 Å². The molecule has 214 valence electrons. The molecule has 0 saturated heterocycles. The third kappa shape index (κ3) is 8.81. The van der Waals surface area contributed by atoms with Crippen LogP contribution < -0.4 is 9.47 Å². The summed E-state index contributed by atoms with van der Waals surface area (Å²) in [5.74, 6) is 1.81. The molecule has 0 amide bonds. The van der Waals surface area contributed by atoms with Gasteiger partial charge in [0.1, 0.15) is 17.1 Å². The highest BCUT2D eigenvalue weighted by atomic mass is 31.2. The van der Waals surface area contributed by atoms with Crippen molar-refractivity contribution < 1.29 is 32.4 Å². The Bertz CT molecular complexity index is 976. The molecule has 7 nitrogen and oxygen atoms in total. The third-order valence-electron chi connectivity index (χ3n) is 7.73. The van der Waals surface area contributed by atoms with Gasteiger partial charge >= 0.3 is 27.4 Å². The number of hydrogen-bond acceptors (Lipinski definition) is 7. The summed E-state index contributed by atoms with van der Waals surface area (Å²) in [4.78, 5) is 12.9. The lowest BCUT2D eigenvalue weighted by Gasteiger charge is -2.38. The van der Waals surface area contributed by atoms with Crippen LogP contribution in [0, 0.1) is 26.7 Å². The van der Waals surface area contributed by atoms with Gasteiger partial charge < -0.3 is 9.47 Å². The monoisotopic (exact) mass is 570 g/mol. The molecule has 1 aliphatic rings. The van der Waals surface area contributed by atoms with Crippen LogP contribution in [0.25, 0.3) is 0 Å². The van der Waals surface area contributed by atoms with Gasteiger partial charge in [0.2, 0.25) is 0 Å². The summed E-state index contributed by atoms with van der Waals surface area (Å²) in [5, 5.41) is -0.851. The van der Waals surface area contributed by atoms with Gasteiger partial charge in [0, 0.05) is 5.56 Å². The fourth-order valence-corrected chi connectivity index (χ4v) is 7.48. The number of unbranched alkanes of at least 4 members (excludes halogenated alkanes) is 1. The SMILES string of the molecule is CCO[P+](=O)C(CCC(=O)Oc1c(C)c(C)c2c(c1C)CCC(C)(CCCCC(C)CC)O2)[P+](=O)OCC. The molecule has 4 atom stereocenters. The first-order valence-electron chi connectivity index (χ1n) is 14.2. The van der Waals surface area contributed by atoms with E-state index < -0.39 is 27.4 Å². The molecule has 0 bridgehead atoms. The van der Waals surface area contributed by atoms with Crippen molar-refractivity contribution in [2.75, 3.05) is 13.2 Å². The Morgan fingerprint density at radius 1 is 0.974 bits per heavy atom. The van der Waals surface area contributed by atoms with Crippen LogP contribution in [0.4, 0.5) is 0 Å². The van der Waals surface area contributed by atoms with E-state index in [2.05, 4.69) is 20.8 Å². The summed E-state index contributed by atoms with van der Waals surface area (Å²) in [7, 11) is -4.42. The molecular weight excluding hydrogens is 522 g/mol. The summed E-state index contributed by atoms with van der Waals surface area (Å²) in [6.07, 6.45) is 7.78. The predicted molar refractivity (Wildman–Crippen MR) is 153 cm³/mol. The minimum absolute atomic E-state index is 0.0345. The van der Waals surface area contributed by atoms with Crippen molar-refractivity contribution in [3.05, 3.63) is 22.3 Å². The zero-order valence-electron chi connectivity index (χ0n) is 24.7. The molecule has 0 radical (unpaired) electrons. The van der Waals surface area contributed by atoms with Crippen LogP contribution in [-0.2, 0) is 29.4 Å². The number of rotatable bonds is 16. The molecule has 1 aromatic rings. The second kappa shape index (κ2) is 15.4. The average Bonchev–Trinajstić information content (AvgIpc) is 2.88. The number of fused-ring (bicyclic) bond motifs is 1. The van der Waals surface area contributed by atoms with Crippen LogP contribution in [0.1, 0.15) is 108 Å². The maximum absolute atomic E-state index is 12.9. The highest BCUT2D eigenvalue weighted by Crippen LogP contribution is 2.49. The molecule has 2 rings (SSSR count). The molecule has 0 aliphatic carbocycles. The van der Waals surface area contributed by atoms with Crippen molar-refractivity contribution >= 4 is 22.0 Å². The highest BCUT2D eigenvalue weighted by Gasteiger charge is 2.51. The zero-order valence-corrected chi connectivity index (χ0v) is 26.5. The van der Waals surface area contributed by atoms with Crippen LogP contribution >= 0.6 is 16.1 Å². The van der Waals surface area contributed by atoms with Crippen molar-refractivity contribution in [3.8, 4) is 11.5 Å². The van der Waals surface area contributed by atoms with Gasteiger partial charge in [-0.2, -0.15) is 0 Å². The summed E-state index contributed by atoms with van der Waals surface area (Å²) >= 11 is 0. The van der Waals surface area contributed by atoms with Gasteiger partial charge in [0.05, 0.1) is 26.1 Å². The van der Waals surface area contributed by atoms with E-state index in [9.17, 15) is 13.9 Å². The molecule has 9 heteroatoms. The zero-order chi connectivity index (χ0) is 28.5. The van der Waals surface area contributed by atoms with Crippen LogP contribution in [0.3, 0.4) is 0 Å². The van der Waals surface area contributed by atoms with E-state index in [0.29, 0.717) is 5.75 Å². The fraction of sp³-hybridized carbons (Fsp3) is 0.759. The topological polar surface area (TPSA) is 88.1 Å². The number of carbonyl (C=O) groups is 1. The maximum atomic E-state index is 12.9. The Morgan fingerprint density at radius 3 is 2.18 bits per heavy atom. The summed E-state index contributed by atoms with van der Waals surface area (Å²) < 4.78 is 47.7. The Hall–Kier alpha value is -1.39. The van der Waals surface area contributed by atoms with Gasteiger partial charge in [0.15, 0.2) is 0 Å². The van der Waals surface area contributed by atoms with Crippen molar-refractivity contribution in [2.45, 2.75) is 124 Å². The second-order valence-electron chi connectivity index (χ2n) is 10.7. The third-order valence-corrected chi connectivity index (χ3v) is 11.4. The molecule has 1 aliphatic heterocycles. The second-order valence-corrected chi connectivity index (χ2v) is 14.0. The number of carbonyl (C=O) groups excluding carboxylic acids is 1. The van der Waals surface area contributed by atoms with Crippen LogP contribution in [0.15, 0.2) is 0 Å². The summed E-state index contributed by atoms with van der Waals surface area (Å²) in [6.45, 7) is 16.6. The molecule has 0 fully saturated rings. The lowest BCUT2D eigenvalue weighted by atomic mass is 9.84. The number of ether oxygens (including phenoxy) is 2. The molecule has 1 heterocycles. The minimum Gasteiger partial charge on any atom is -0.487 e. The Labute approximate surface area is 231 Å². The maximum Gasteiger partial charge on any atom is 0.567 e. The average molecular weight is 571 g/mol. The van der Waals surface area contributed by atoms with Gasteiger partial charge in [-0.3, -0.25) is 4.79 Å². The van der Waals surface area contributed by atoms with Gasteiger partial charge in [-0.1, -0.05) is 33.1 Å². The molecule has 1 aromatic carbocycles. The van der Waals surface area contributed by atoms with E-state index in [-0.39, 0.29) is 31.7 Å². The smallest absolute Gasteiger partial charge is 0.487 e. The molecule has 4 unspecified atom stereocenters. The van der Waals surface area contributed by atoms with Gasteiger partial charge in [0.25, 0.3) is 0 Å². The van der Waals surface area contributed by atoms with Crippen LogP contribution in [0.2, 0.25) is 0 Å². The van der Waals surface area contributed by atoms with Gasteiger partial charge in [-0.25, -0.2) is 0 Å². The summed E-state index contributed by atoms with van der Waals surface area (Å²) in [5.41, 5.74) is 3.72. The van der Waals surface area contributed by atoms with E-state index in [1.807, 2.05) is 20.8 Å². The van der Waals surface area contributed by atoms with Crippen LogP contribution in [-0.4, -0.2) is 30.2 Å². The largest absolute Gasteiger partial charge is 0.567 e. The van der Waals surface area contributed by atoms with Crippen molar-refractivity contribution in [3.63, 3.8) is 0 Å². The first kappa shape index (κ1) is 32.8. The first-order chi connectivity index (χ1) is 18.0. The predicted octanol–water partition coefficient (Wildman–Crippen LogP) is 8.87. The van der Waals surface area contributed by atoms with E-state index in [1.165, 1.54) is 19.3 Å². The van der Waals surface area contributed by atoms with Gasteiger partial charge in [-0.05, 0) is 99.0 Å². The number of hydrogen-bond donors (Lipinski definition) is 0. The fourth-order valence-electron chi connectivity index (χ4n) is 4.93. The van der Waals surface area contributed by atoms with E-state index in [1.54, 1.807) is 13.8 Å². The Kier molecular flexibility index (Phi) is 13.3. The van der Waals surface area contributed by atoms with Crippen LogP contribution in [0.5, 0.6) is 11.5 Å². The van der Waals surface area contributed by atoms with E-state index >= 15 is 0 Å². The lowest BCUT2D eigenvalue weighted by Crippen LogP contribution is -2.37. The normalized spacial score (nSPS) is 19.3. The van der Waals surface area contributed by atoms with E-state index in [4.69, 9.17) is 18.5 Å². The molecular formula is C29H48O7P2+2. The number of benzene rings is 1. The summed E-state index contributed by atoms with van der Waals surface area (Å²) in [6, 6.07) is 0. The molecule has 0 N–H and O–H groups in total. The minimum atomic E-state index is -2.21. The number of esters is 1.